The van der Waals surface area contributed by atoms with Crippen molar-refractivity contribution in [3.63, 3.8) is 0 Å². The molecule has 0 unspecified atom stereocenters. The summed E-state index contributed by atoms with van der Waals surface area (Å²) in [4.78, 5) is 18.2. The Hall–Kier alpha value is -1.29. The van der Waals surface area contributed by atoms with Crippen molar-refractivity contribution < 1.29 is 4.79 Å². The maximum Gasteiger partial charge on any atom is 0.233 e. The fourth-order valence-electron chi connectivity index (χ4n) is 4.06. The Morgan fingerprint density at radius 3 is 2.62 bits per heavy atom. The van der Waals surface area contributed by atoms with E-state index in [9.17, 15) is 4.79 Å². The summed E-state index contributed by atoms with van der Waals surface area (Å²) in [6.07, 6.45) is 6.00. The smallest absolute Gasteiger partial charge is 0.233 e. The molecule has 2 aliphatic rings. The first-order chi connectivity index (χ1) is 14.1. The Bertz CT molecular complexity index is 827. The Morgan fingerprint density at radius 1 is 1.17 bits per heavy atom. The van der Waals surface area contributed by atoms with Crippen molar-refractivity contribution in [2.24, 2.45) is 0 Å². The lowest BCUT2D eigenvalue weighted by molar-refractivity contribution is -0.130. The molecule has 0 bridgehead atoms. The molecule has 4 rings (SSSR count). The van der Waals surface area contributed by atoms with Gasteiger partial charge in [0, 0.05) is 43.5 Å². The molecule has 0 atom stereocenters. The number of hydrogen-bond acceptors (Lipinski definition) is 7. The molecule has 0 spiro atoms. The molecule has 2 aromatic rings. The average molecular weight is 455 g/mol. The molecule has 2 aromatic heterocycles. The van der Waals surface area contributed by atoms with E-state index in [0.717, 1.165) is 55.7 Å². The zero-order valence-electron chi connectivity index (χ0n) is 16.4. The third-order valence-corrected chi connectivity index (χ3v) is 7.86. The third-order valence-electron chi connectivity index (χ3n) is 5.72. The largest absolute Gasteiger partial charge is 0.339 e. The number of amides is 1. The molecule has 0 radical (unpaired) electrons. The lowest BCUT2D eigenvalue weighted by atomic mass is 9.89. The van der Waals surface area contributed by atoms with Crippen LogP contribution in [-0.4, -0.2) is 62.5 Å². The lowest BCUT2D eigenvalue weighted by Crippen LogP contribution is -2.48. The van der Waals surface area contributed by atoms with E-state index in [1.165, 1.54) is 35.9 Å². The number of hydrogen-bond donors (Lipinski definition) is 1. The number of carbonyl (C=O) groups is 1. The van der Waals surface area contributed by atoms with Crippen LogP contribution in [-0.2, 0) is 11.3 Å². The van der Waals surface area contributed by atoms with E-state index in [0.29, 0.717) is 16.8 Å². The van der Waals surface area contributed by atoms with Crippen LogP contribution in [0.5, 0.6) is 0 Å². The van der Waals surface area contributed by atoms with Crippen molar-refractivity contribution in [3.8, 4) is 0 Å². The van der Waals surface area contributed by atoms with Gasteiger partial charge in [-0.25, -0.2) is 4.68 Å². The van der Waals surface area contributed by atoms with Crippen molar-refractivity contribution in [1.29, 1.82) is 0 Å². The van der Waals surface area contributed by atoms with Crippen LogP contribution < -0.4 is 5.84 Å². The second kappa shape index (κ2) is 9.68. The van der Waals surface area contributed by atoms with Crippen LogP contribution in [0.15, 0.2) is 17.3 Å². The molecule has 2 N–H and O–H groups in total. The number of nitrogens with two attached hydrogens (primary N) is 1. The highest BCUT2D eigenvalue weighted by atomic mass is 35.5. The number of thioether (sulfide) groups is 1. The van der Waals surface area contributed by atoms with Gasteiger partial charge in [0.2, 0.25) is 11.1 Å². The van der Waals surface area contributed by atoms with Crippen LogP contribution >= 0.6 is 34.7 Å². The van der Waals surface area contributed by atoms with Crippen molar-refractivity contribution in [2.45, 2.75) is 49.7 Å². The van der Waals surface area contributed by atoms with Gasteiger partial charge >= 0.3 is 0 Å². The monoisotopic (exact) mass is 454 g/mol. The minimum atomic E-state index is 0.135. The van der Waals surface area contributed by atoms with E-state index < -0.39 is 0 Å². The zero-order chi connectivity index (χ0) is 20.2. The van der Waals surface area contributed by atoms with Gasteiger partial charge in [-0.1, -0.05) is 42.6 Å². The van der Waals surface area contributed by atoms with Crippen molar-refractivity contribution in [3.05, 3.63) is 27.2 Å². The molecule has 158 valence electrons. The van der Waals surface area contributed by atoms with Gasteiger partial charge in [0.25, 0.3) is 0 Å². The van der Waals surface area contributed by atoms with Gasteiger partial charge in [-0.2, -0.15) is 0 Å². The predicted molar refractivity (Wildman–Crippen MR) is 118 cm³/mol. The molecule has 10 heteroatoms. The number of nitrogens with zero attached hydrogens (tertiary/aromatic N) is 5. The molecule has 2 fully saturated rings. The highest BCUT2D eigenvalue weighted by molar-refractivity contribution is 7.99. The van der Waals surface area contributed by atoms with Gasteiger partial charge in [0.15, 0.2) is 5.82 Å². The summed E-state index contributed by atoms with van der Waals surface area (Å²) in [5.74, 6) is 7.97. The molecule has 7 nitrogen and oxygen atoms in total. The van der Waals surface area contributed by atoms with E-state index in [4.69, 9.17) is 17.4 Å². The zero-order valence-corrected chi connectivity index (χ0v) is 18.8. The van der Waals surface area contributed by atoms with Gasteiger partial charge in [-0.3, -0.25) is 9.69 Å². The van der Waals surface area contributed by atoms with Gasteiger partial charge < -0.3 is 10.7 Å². The summed E-state index contributed by atoms with van der Waals surface area (Å²) < 4.78 is 2.42. The number of nitrogen functional groups attached to an aromatic ring is 1. The first-order valence-electron chi connectivity index (χ1n) is 10.2. The highest BCUT2D eigenvalue weighted by Gasteiger charge is 2.25. The second-order valence-electron chi connectivity index (χ2n) is 7.70. The normalized spacial score (nSPS) is 19.0. The van der Waals surface area contributed by atoms with Gasteiger partial charge in [-0.05, 0) is 25.0 Å². The Kier molecular flexibility index (Phi) is 7.00. The van der Waals surface area contributed by atoms with E-state index in [1.54, 1.807) is 16.0 Å². The van der Waals surface area contributed by atoms with E-state index >= 15 is 0 Å². The summed E-state index contributed by atoms with van der Waals surface area (Å²) in [6, 6.07) is 4.01. The van der Waals surface area contributed by atoms with Crippen LogP contribution in [0.3, 0.4) is 0 Å². The van der Waals surface area contributed by atoms with E-state index in [2.05, 4.69) is 21.2 Å². The summed E-state index contributed by atoms with van der Waals surface area (Å²) in [7, 11) is 0. The van der Waals surface area contributed by atoms with Gasteiger partial charge in [0.05, 0.1) is 10.1 Å². The summed E-state index contributed by atoms with van der Waals surface area (Å²) in [6.45, 7) is 4.16. The van der Waals surface area contributed by atoms with Crippen molar-refractivity contribution in [2.75, 3.05) is 37.8 Å². The molecule has 1 saturated heterocycles. The first-order valence-corrected chi connectivity index (χ1v) is 12.4. The Balaban J connectivity index is 1.24. The second-order valence-corrected chi connectivity index (χ2v) is 10.4. The molecule has 1 saturated carbocycles. The Morgan fingerprint density at radius 2 is 1.93 bits per heavy atom. The minimum Gasteiger partial charge on any atom is -0.339 e. The number of aromatic nitrogens is 3. The summed E-state index contributed by atoms with van der Waals surface area (Å²) in [5, 5.41) is 9.17. The number of rotatable bonds is 6. The molecule has 1 aliphatic heterocycles. The lowest BCUT2D eigenvalue weighted by Gasteiger charge is -2.34. The number of piperazine rings is 1. The van der Waals surface area contributed by atoms with Crippen LogP contribution in [0.4, 0.5) is 0 Å². The fourth-order valence-corrected chi connectivity index (χ4v) is 5.95. The fraction of sp³-hybridized carbons (Fsp3) is 0.632. The van der Waals surface area contributed by atoms with Crippen molar-refractivity contribution in [1.82, 2.24) is 24.7 Å². The molecule has 1 aliphatic carbocycles. The molecule has 29 heavy (non-hydrogen) atoms. The van der Waals surface area contributed by atoms with Crippen LogP contribution in [0.25, 0.3) is 0 Å². The Labute approximate surface area is 184 Å². The number of halogens is 1. The van der Waals surface area contributed by atoms with Crippen molar-refractivity contribution >= 4 is 40.6 Å². The number of thiophene rings is 1. The minimum absolute atomic E-state index is 0.135. The summed E-state index contributed by atoms with van der Waals surface area (Å²) in [5.41, 5.74) is 0. The maximum atomic E-state index is 12.6. The molecular weight excluding hydrogens is 428 g/mol. The van der Waals surface area contributed by atoms with Crippen LogP contribution in [0, 0.1) is 0 Å². The topological polar surface area (TPSA) is 80.3 Å². The van der Waals surface area contributed by atoms with Gasteiger partial charge in [0.1, 0.15) is 0 Å². The maximum absolute atomic E-state index is 12.6. The van der Waals surface area contributed by atoms with E-state index in [-0.39, 0.29) is 5.91 Å². The number of carbonyl (C=O) groups excluding carboxylic acids is 1. The molecule has 3 heterocycles. The van der Waals surface area contributed by atoms with E-state index in [1.807, 2.05) is 11.0 Å². The quantitative estimate of drug-likeness (QED) is 0.533. The van der Waals surface area contributed by atoms with Gasteiger partial charge in [-0.15, -0.1) is 21.5 Å². The standard InChI is InChI=1S/C19H27ClN6OS2/c20-16-7-6-15(29-16)12-24-8-10-25(11-9-24)17(27)13-28-19-23-22-18(26(19)21)14-4-2-1-3-5-14/h6-7,14H,1-5,8-13,21H2. The predicted octanol–water partition coefficient (Wildman–Crippen LogP) is 3.19. The van der Waals surface area contributed by atoms with Crippen LogP contribution in [0.1, 0.15) is 48.7 Å². The summed E-state index contributed by atoms with van der Waals surface area (Å²) >= 11 is 9.02. The third kappa shape index (κ3) is 5.25. The average Bonchev–Trinajstić information content (AvgIpc) is 3.32. The molecule has 1 amide bonds. The molecular formula is C19H27ClN6OS2. The van der Waals surface area contributed by atoms with Crippen LogP contribution in [0.2, 0.25) is 4.34 Å². The molecule has 0 aromatic carbocycles. The highest BCUT2D eigenvalue weighted by Crippen LogP contribution is 2.32. The first kappa shape index (κ1) is 21.0. The SMILES string of the molecule is Nn1c(SCC(=O)N2CCN(Cc3ccc(Cl)s3)CC2)nnc1C1CCCCC1.